The maximum Gasteiger partial charge on any atom is 0.230 e. The third-order valence-electron chi connectivity index (χ3n) is 2.96. The molecule has 0 spiro atoms. The van der Waals surface area contributed by atoms with E-state index in [1.54, 1.807) is 0 Å². The number of carbonyl (C=O) groups excluding carboxylic acids is 1. The maximum atomic E-state index is 11.8. The summed E-state index contributed by atoms with van der Waals surface area (Å²) < 4.78 is 0. The predicted molar refractivity (Wildman–Crippen MR) is 76.2 cm³/mol. The number of rotatable bonds is 4. The molecule has 2 aromatic rings. The fourth-order valence-corrected chi connectivity index (χ4v) is 1.89. The lowest BCUT2D eigenvalue weighted by atomic mass is 10.0. The molecule has 0 aliphatic rings. The average Bonchev–Trinajstić information content (AvgIpc) is 2.75. The fourth-order valence-electron chi connectivity index (χ4n) is 1.89. The topological polar surface area (TPSA) is 57.8 Å². The number of hydrogen-bond donors (Lipinski definition) is 2. The lowest BCUT2D eigenvalue weighted by Gasteiger charge is -2.07. The molecule has 0 bridgehead atoms. The number of carbonyl (C=O) groups is 1. The highest BCUT2D eigenvalue weighted by molar-refractivity contribution is 5.92. The molecule has 2 N–H and O–H groups in total. The van der Waals surface area contributed by atoms with Crippen molar-refractivity contribution in [2.24, 2.45) is 0 Å². The Balaban J connectivity index is 1.95. The summed E-state index contributed by atoms with van der Waals surface area (Å²) in [5.41, 5.74) is 3.81. The molecule has 0 atom stereocenters. The number of anilines is 1. The van der Waals surface area contributed by atoms with Gasteiger partial charge < -0.3 is 5.32 Å². The van der Waals surface area contributed by atoms with Gasteiger partial charge in [-0.15, -0.1) is 0 Å². The summed E-state index contributed by atoms with van der Waals surface area (Å²) in [4.78, 5) is 11.8. The molecular formula is C15H19N3O. The molecule has 4 heteroatoms. The van der Waals surface area contributed by atoms with Gasteiger partial charge in [0.15, 0.2) is 0 Å². The Hall–Kier alpha value is -2.10. The molecule has 4 nitrogen and oxygen atoms in total. The zero-order chi connectivity index (χ0) is 13.8. The standard InChI is InChI=1S/C15H19N3O/c1-10(2)12-4-6-13(7-5-12)16-15(19)9-14-8-11(3)17-18-14/h4-8,10H,9H2,1-3H3,(H,16,19)(H,17,18). The number of hydrogen-bond acceptors (Lipinski definition) is 2. The molecule has 0 saturated heterocycles. The van der Waals surface area contributed by atoms with Crippen LogP contribution in [0.5, 0.6) is 0 Å². The second-order valence-corrected chi connectivity index (χ2v) is 5.04. The van der Waals surface area contributed by atoms with Crippen LogP contribution in [-0.4, -0.2) is 16.1 Å². The second kappa shape index (κ2) is 5.69. The molecule has 2 rings (SSSR count). The van der Waals surface area contributed by atoms with E-state index in [0.29, 0.717) is 5.92 Å². The molecule has 100 valence electrons. The molecule has 0 radical (unpaired) electrons. The third-order valence-corrected chi connectivity index (χ3v) is 2.96. The van der Waals surface area contributed by atoms with Crippen molar-refractivity contribution in [3.63, 3.8) is 0 Å². The normalized spacial score (nSPS) is 10.7. The van der Waals surface area contributed by atoms with Crippen molar-refractivity contribution < 1.29 is 4.79 Å². The van der Waals surface area contributed by atoms with Crippen LogP contribution in [0.2, 0.25) is 0 Å². The van der Waals surface area contributed by atoms with Crippen LogP contribution in [0.25, 0.3) is 0 Å². The van der Waals surface area contributed by atoms with Crippen LogP contribution in [-0.2, 0) is 11.2 Å². The van der Waals surface area contributed by atoms with Crippen LogP contribution < -0.4 is 5.32 Å². The van der Waals surface area contributed by atoms with Gasteiger partial charge in [0, 0.05) is 11.4 Å². The monoisotopic (exact) mass is 257 g/mol. The van der Waals surface area contributed by atoms with Crippen molar-refractivity contribution in [1.82, 2.24) is 10.2 Å². The van der Waals surface area contributed by atoms with Gasteiger partial charge in [-0.05, 0) is 36.6 Å². The van der Waals surface area contributed by atoms with Crippen LogP contribution in [0, 0.1) is 6.92 Å². The largest absolute Gasteiger partial charge is 0.326 e. The number of aromatic nitrogens is 2. The summed E-state index contributed by atoms with van der Waals surface area (Å²) in [7, 11) is 0. The Bertz CT molecular complexity index is 555. The van der Waals surface area contributed by atoms with Gasteiger partial charge in [-0.1, -0.05) is 26.0 Å². The summed E-state index contributed by atoms with van der Waals surface area (Å²) in [6.07, 6.45) is 0.288. The van der Waals surface area contributed by atoms with Crippen molar-refractivity contribution in [3.05, 3.63) is 47.3 Å². The fraction of sp³-hybridized carbons (Fsp3) is 0.333. The Morgan fingerprint density at radius 1 is 1.32 bits per heavy atom. The van der Waals surface area contributed by atoms with Crippen LogP contribution in [0.4, 0.5) is 5.69 Å². The molecule has 1 aromatic carbocycles. The van der Waals surface area contributed by atoms with Gasteiger partial charge in [0.2, 0.25) is 5.91 Å². The lowest BCUT2D eigenvalue weighted by Crippen LogP contribution is -2.14. The van der Waals surface area contributed by atoms with E-state index in [-0.39, 0.29) is 12.3 Å². The maximum absolute atomic E-state index is 11.8. The van der Waals surface area contributed by atoms with Gasteiger partial charge >= 0.3 is 0 Å². The summed E-state index contributed by atoms with van der Waals surface area (Å²) >= 11 is 0. The second-order valence-electron chi connectivity index (χ2n) is 5.04. The number of nitrogens with one attached hydrogen (secondary N) is 2. The SMILES string of the molecule is Cc1cc(CC(=O)Nc2ccc(C(C)C)cc2)n[nH]1. The van der Waals surface area contributed by atoms with Crippen molar-refractivity contribution in [3.8, 4) is 0 Å². The molecule has 1 heterocycles. The molecule has 1 amide bonds. The van der Waals surface area contributed by atoms with Crippen molar-refractivity contribution in [2.75, 3.05) is 5.32 Å². The van der Waals surface area contributed by atoms with Crippen LogP contribution in [0.15, 0.2) is 30.3 Å². The Labute approximate surface area is 113 Å². The van der Waals surface area contributed by atoms with Crippen molar-refractivity contribution >= 4 is 11.6 Å². The predicted octanol–water partition coefficient (Wildman–Crippen LogP) is 3.02. The lowest BCUT2D eigenvalue weighted by molar-refractivity contribution is -0.115. The summed E-state index contributed by atoms with van der Waals surface area (Å²) in [5, 5.41) is 9.75. The first kappa shape index (κ1) is 13.3. The zero-order valence-electron chi connectivity index (χ0n) is 11.5. The number of aromatic amines is 1. The Kier molecular flexibility index (Phi) is 4.00. The van der Waals surface area contributed by atoms with Gasteiger partial charge in [-0.25, -0.2) is 0 Å². The molecule has 1 aromatic heterocycles. The molecule has 0 aliphatic carbocycles. The molecule has 0 fully saturated rings. The number of H-pyrrole nitrogens is 1. The molecule has 0 unspecified atom stereocenters. The quantitative estimate of drug-likeness (QED) is 0.884. The summed E-state index contributed by atoms with van der Waals surface area (Å²) in [6.45, 7) is 6.21. The molecule has 19 heavy (non-hydrogen) atoms. The van der Waals surface area contributed by atoms with E-state index in [1.165, 1.54) is 5.56 Å². The van der Waals surface area contributed by atoms with Gasteiger partial charge in [-0.2, -0.15) is 5.10 Å². The first-order valence-corrected chi connectivity index (χ1v) is 6.45. The van der Waals surface area contributed by atoms with Gasteiger partial charge in [0.05, 0.1) is 12.1 Å². The van der Waals surface area contributed by atoms with Gasteiger partial charge in [0.25, 0.3) is 0 Å². The van der Waals surface area contributed by atoms with Gasteiger partial charge in [-0.3, -0.25) is 9.89 Å². The molecular weight excluding hydrogens is 238 g/mol. The first-order valence-electron chi connectivity index (χ1n) is 6.45. The van der Waals surface area contributed by atoms with Gasteiger partial charge in [0.1, 0.15) is 0 Å². The van der Waals surface area contributed by atoms with Crippen LogP contribution in [0.3, 0.4) is 0 Å². The van der Waals surface area contributed by atoms with Crippen LogP contribution >= 0.6 is 0 Å². The number of aryl methyl sites for hydroxylation is 1. The van der Waals surface area contributed by atoms with E-state index in [0.717, 1.165) is 17.1 Å². The van der Waals surface area contributed by atoms with E-state index in [4.69, 9.17) is 0 Å². The highest BCUT2D eigenvalue weighted by Gasteiger charge is 2.07. The van der Waals surface area contributed by atoms with E-state index in [2.05, 4.69) is 29.4 Å². The van der Waals surface area contributed by atoms with E-state index in [1.807, 2.05) is 37.3 Å². The average molecular weight is 257 g/mol. The highest BCUT2D eigenvalue weighted by Crippen LogP contribution is 2.17. The minimum absolute atomic E-state index is 0.0520. The molecule has 0 saturated carbocycles. The smallest absolute Gasteiger partial charge is 0.230 e. The van der Waals surface area contributed by atoms with Crippen molar-refractivity contribution in [1.29, 1.82) is 0 Å². The van der Waals surface area contributed by atoms with E-state index >= 15 is 0 Å². The summed E-state index contributed by atoms with van der Waals surface area (Å²) in [5.74, 6) is 0.445. The molecule has 0 aliphatic heterocycles. The number of nitrogens with zero attached hydrogens (tertiary/aromatic N) is 1. The van der Waals surface area contributed by atoms with Crippen LogP contribution in [0.1, 0.15) is 36.7 Å². The minimum atomic E-state index is -0.0520. The first-order chi connectivity index (χ1) is 9.04. The zero-order valence-corrected chi connectivity index (χ0v) is 11.5. The number of benzene rings is 1. The Morgan fingerprint density at radius 3 is 2.53 bits per heavy atom. The van der Waals surface area contributed by atoms with E-state index in [9.17, 15) is 4.79 Å². The third kappa shape index (κ3) is 3.68. The summed E-state index contributed by atoms with van der Waals surface area (Å²) in [6, 6.07) is 9.82. The highest BCUT2D eigenvalue weighted by atomic mass is 16.1. The van der Waals surface area contributed by atoms with Crippen molar-refractivity contribution in [2.45, 2.75) is 33.1 Å². The number of amides is 1. The Morgan fingerprint density at radius 2 is 2.00 bits per heavy atom. The van der Waals surface area contributed by atoms with E-state index < -0.39 is 0 Å². The minimum Gasteiger partial charge on any atom is -0.326 e.